The minimum absolute atomic E-state index is 0.0838. The van der Waals surface area contributed by atoms with Crippen LogP contribution in [0.25, 0.3) is 0 Å². The maximum absolute atomic E-state index is 11.4. The van der Waals surface area contributed by atoms with Crippen molar-refractivity contribution in [2.24, 2.45) is 0 Å². The van der Waals surface area contributed by atoms with Crippen molar-refractivity contribution < 1.29 is 9.53 Å². The molecule has 0 aliphatic rings. The smallest absolute Gasteiger partial charge is 0.310 e. The number of carbonyl (C=O) groups is 1. The van der Waals surface area contributed by atoms with Crippen LogP contribution in [0.4, 0.5) is 0 Å². The summed E-state index contributed by atoms with van der Waals surface area (Å²) in [6.45, 7) is 4.05. The van der Waals surface area contributed by atoms with Crippen LogP contribution in [0.1, 0.15) is 30.5 Å². The fourth-order valence-corrected chi connectivity index (χ4v) is 1.87. The number of aryl methyl sites for hydroxylation is 1. The Kier molecular flexibility index (Phi) is 4.99. The quantitative estimate of drug-likeness (QED) is 0.773. The minimum Gasteiger partial charge on any atom is -0.466 e. The van der Waals surface area contributed by atoms with E-state index in [2.05, 4.69) is 6.07 Å². The van der Waals surface area contributed by atoms with E-state index in [0.717, 1.165) is 12.0 Å². The highest BCUT2D eigenvalue weighted by Gasteiger charge is 2.11. The highest BCUT2D eigenvalue weighted by atomic mass is 35.5. The van der Waals surface area contributed by atoms with Crippen LogP contribution in [0.3, 0.4) is 0 Å². The molecule has 1 rings (SSSR count). The highest BCUT2D eigenvalue weighted by Crippen LogP contribution is 2.22. The molecule has 4 heteroatoms. The topological polar surface area (TPSA) is 50.1 Å². The molecule has 0 radical (unpaired) electrons. The van der Waals surface area contributed by atoms with E-state index in [1.54, 1.807) is 19.1 Å². The van der Waals surface area contributed by atoms with Gasteiger partial charge >= 0.3 is 5.97 Å². The van der Waals surface area contributed by atoms with Crippen molar-refractivity contribution in [3.8, 4) is 6.07 Å². The number of carbonyl (C=O) groups excluding carboxylic acids is 1. The molecule has 0 saturated carbocycles. The Hall–Kier alpha value is -1.53. The second kappa shape index (κ2) is 6.27. The Morgan fingerprint density at radius 2 is 2.12 bits per heavy atom. The number of nitriles is 1. The Balaban J connectivity index is 3.03. The van der Waals surface area contributed by atoms with Gasteiger partial charge < -0.3 is 4.74 Å². The van der Waals surface area contributed by atoms with Crippen LogP contribution in [-0.2, 0) is 22.4 Å². The number of hydrogen-bond acceptors (Lipinski definition) is 3. The van der Waals surface area contributed by atoms with Crippen LogP contribution >= 0.6 is 11.6 Å². The molecule has 0 atom stereocenters. The zero-order valence-corrected chi connectivity index (χ0v) is 10.7. The predicted molar refractivity (Wildman–Crippen MR) is 65.9 cm³/mol. The molecule has 0 aliphatic carbocycles. The number of hydrogen-bond donors (Lipinski definition) is 0. The van der Waals surface area contributed by atoms with Crippen molar-refractivity contribution in [2.45, 2.75) is 26.7 Å². The Morgan fingerprint density at radius 3 is 2.65 bits per heavy atom. The number of rotatable bonds is 4. The summed E-state index contributed by atoms with van der Waals surface area (Å²) in [5.74, 6) is -0.343. The lowest BCUT2D eigenvalue weighted by Gasteiger charge is -2.08. The first-order chi connectivity index (χ1) is 8.12. The SMILES string of the molecule is CCOC(=O)Cc1cc(Cl)c(CC)cc1C#N. The molecular formula is C13H14ClNO2. The molecule has 0 saturated heterocycles. The largest absolute Gasteiger partial charge is 0.466 e. The third-order valence-electron chi connectivity index (χ3n) is 2.41. The van der Waals surface area contributed by atoms with E-state index in [9.17, 15) is 4.79 Å². The predicted octanol–water partition coefficient (Wildman–Crippen LogP) is 2.88. The van der Waals surface area contributed by atoms with Crippen molar-refractivity contribution in [1.82, 2.24) is 0 Å². The van der Waals surface area contributed by atoms with E-state index < -0.39 is 0 Å². The number of ether oxygens (including phenoxy) is 1. The highest BCUT2D eigenvalue weighted by molar-refractivity contribution is 6.31. The van der Waals surface area contributed by atoms with E-state index >= 15 is 0 Å². The van der Waals surface area contributed by atoms with E-state index in [0.29, 0.717) is 22.8 Å². The van der Waals surface area contributed by atoms with Gasteiger partial charge in [-0.25, -0.2) is 0 Å². The summed E-state index contributed by atoms with van der Waals surface area (Å²) < 4.78 is 4.85. The summed E-state index contributed by atoms with van der Waals surface area (Å²) >= 11 is 6.06. The molecule has 0 spiro atoms. The van der Waals surface area contributed by atoms with Gasteiger partial charge in [0, 0.05) is 5.02 Å². The van der Waals surface area contributed by atoms with E-state index in [1.165, 1.54) is 0 Å². The maximum atomic E-state index is 11.4. The van der Waals surface area contributed by atoms with Gasteiger partial charge in [0.15, 0.2) is 0 Å². The lowest BCUT2D eigenvalue weighted by molar-refractivity contribution is -0.142. The lowest BCUT2D eigenvalue weighted by atomic mass is 10.0. The summed E-state index contributed by atoms with van der Waals surface area (Å²) in [6.07, 6.45) is 0.841. The van der Waals surface area contributed by atoms with Gasteiger partial charge in [0.05, 0.1) is 24.7 Å². The van der Waals surface area contributed by atoms with Crippen molar-refractivity contribution in [3.63, 3.8) is 0 Å². The summed E-state index contributed by atoms with van der Waals surface area (Å²) in [7, 11) is 0. The summed E-state index contributed by atoms with van der Waals surface area (Å²) in [4.78, 5) is 11.4. The minimum atomic E-state index is -0.343. The van der Waals surface area contributed by atoms with Gasteiger partial charge in [0.1, 0.15) is 0 Å². The molecule has 0 N–H and O–H groups in total. The van der Waals surface area contributed by atoms with E-state index in [-0.39, 0.29) is 12.4 Å². The van der Waals surface area contributed by atoms with Crippen LogP contribution < -0.4 is 0 Å². The molecule has 1 aromatic carbocycles. The summed E-state index contributed by atoms with van der Waals surface area (Å²) in [5, 5.41) is 9.62. The van der Waals surface area contributed by atoms with E-state index in [4.69, 9.17) is 21.6 Å². The van der Waals surface area contributed by atoms with Crippen LogP contribution in [0.5, 0.6) is 0 Å². The van der Waals surface area contributed by atoms with Crippen molar-refractivity contribution in [2.75, 3.05) is 6.61 Å². The van der Waals surface area contributed by atoms with Gasteiger partial charge in [-0.1, -0.05) is 18.5 Å². The zero-order chi connectivity index (χ0) is 12.8. The van der Waals surface area contributed by atoms with Crippen molar-refractivity contribution in [1.29, 1.82) is 5.26 Å². The lowest BCUT2D eigenvalue weighted by Crippen LogP contribution is -2.09. The van der Waals surface area contributed by atoms with Crippen LogP contribution in [0.15, 0.2) is 12.1 Å². The first-order valence-corrected chi connectivity index (χ1v) is 5.87. The Bertz CT molecular complexity index is 463. The molecule has 0 aromatic heterocycles. The third-order valence-corrected chi connectivity index (χ3v) is 2.77. The first-order valence-electron chi connectivity index (χ1n) is 5.49. The number of halogens is 1. The molecule has 0 fully saturated rings. The zero-order valence-electron chi connectivity index (χ0n) is 9.92. The number of benzene rings is 1. The third kappa shape index (κ3) is 3.47. The van der Waals surface area contributed by atoms with Gasteiger partial charge in [-0.2, -0.15) is 5.26 Å². The second-order valence-corrected chi connectivity index (χ2v) is 3.96. The average molecular weight is 252 g/mol. The van der Waals surface area contributed by atoms with Gasteiger partial charge in [0.25, 0.3) is 0 Å². The maximum Gasteiger partial charge on any atom is 0.310 e. The normalized spacial score (nSPS) is 9.76. The Labute approximate surface area is 106 Å². The fourth-order valence-electron chi connectivity index (χ4n) is 1.55. The summed E-state index contributed by atoms with van der Waals surface area (Å²) in [5.41, 5.74) is 2.02. The molecule has 0 heterocycles. The molecule has 0 amide bonds. The average Bonchev–Trinajstić information content (AvgIpc) is 2.29. The molecule has 1 aromatic rings. The van der Waals surface area contributed by atoms with Gasteiger partial charge in [0.2, 0.25) is 0 Å². The van der Waals surface area contributed by atoms with Crippen LogP contribution in [0, 0.1) is 11.3 Å². The molecule has 90 valence electrons. The summed E-state index contributed by atoms with van der Waals surface area (Å²) in [6, 6.07) is 5.49. The molecule has 0 aliphatic heterocycles. The second-order valence-electron chi connectivity index (χ2n) is 3.55. The molecule has 0 bridgehead atoms. The standard InChI is InChI=1S/C13H14ClNO2/c1-3-9-5-11(8-15)10(6-12(9)14)7-13(16)17-4-2/h5-6H,3-4,7H2,1-2H3. The van der Waals surface area contributed by atoms with Gasteiger partial charge in [-0.05, 0) is 36.6 Å². The van der Waals surface area contributed by atoms with E-state index in [1.807, 2.05) is 6.92 Å². The van der Waals surface area contributed by atoms with Gasteiger partial charge in [-0.15, -0.1) is 0 Å². The Morgan fingerprint density at radius 1 is 1.41 bits per heavy atom. The van der Waals surface area contributed by atoms with Crippen molar-refractivity contribution in [3.05, 3.63) is 33.8 Å². The first kappa shape index (κ1) is 13.5. The van der Waals surface area contributed by atoms with Crippen molar-refractivity contribution >= 4 is 17.6 Å². The molecule has 3 nitrogen and oxygen atoms in total. The molecule has 17 heavy (non-hydrogen) atoms. The number of nitrogens with zero attached hydrogens (tertiary/aromatic N) is 1. The van der Waals surface area contributed by atoms with Crippen LogP contribution in [-0.4, -0.2) is 12.6 Å². The number of esters is 1. The fraction of sp³-hybridized carbons (Fsp3) is 0.385. The molecular weight excluding hydrogens is 238 g/mol. The van der Waals surface area contributed by atoms with Crippen LogP contribution in [0.2, 0.25) is 5.02 Å². The monoisotopic (exact) mass is 251 g/mol. The van der Waals surface area contributed by atoms with Gasteiger partial charge in [-0.3, -0.25) is 4.79 Å². The molecule has 0 unspecified atom stereocenters.